The van der Waals surface area contributed by atoms with Gasteiger partial charge in [-0.15, -0.1) is 0 Å². The Morgan fingerprint density at radius 3 is 2.86 bits per heavy atom. The molecule has 10 heteroatoms. The first-order valence-corrected chi connectivity index (χ1v) is 12.0. The third-order valence-electron chi connectivity index (χ3n) is 5.87. The highest BCUT2D eigenvalue weighted by Gasteiger charge is 2.17. The molecule has 5 heterocycles. The minimum Gasteiger partial charge on any atom is -0.379 e. The van der Waals surface area contributed by atoms with Crippen molar-refractivity contribution >= 4 is 38.9 Å². The summed E-state index contributed by atoms with van der Waals surface area (Å²) in [5, 5.41) is 3.70. The number of rotatable bonds is 5. The normalized spacial score (nSPS) is 14.5. The molecule has 1 aromatic carbocycles. The lowest BCUT2D eigenvalue weighted by Crippen LogP contribution is -2.35. The van der Waals surface area contributed by atoms with E-state index in [0.717, 1.165) is 59.3 Å². The molecule has 1 aliphatic heterocycles. The second kappa shape index (κ2) is 9.14. The number of thiazole rings is 1. The highest BCUT2D eigenvalue weighted by molar-refractivity contribution is 7.21. The maximum atomic E-state index is 13.5. The van der Waals surface area contributed by atoms with E-state index in [1.54, 1.807) is 0 Å². The fourth-order valence-electron chi connectivity index (χ4n) is 4.12. The minimum absolute atomic E-state index is 0.198. The predicted octanol–water partition coefficient (Wildman–Crippen LogP) is 4.23. The number of anilines is 1. The molecule has 0 atom stereocenters. The van der Waals surface area contributed by atoms with Crippen molar-refractivity contribution in [1.29, 1.82) is 0 Å². The molecule has 0 spiro atoms. The zero-order valence-electron chi connectivity index (χ0n) is 18.6. The van der Waals surface area contributed by atoms with Gasteiger partial charge >= 0.3 is 0 Å². The Bertz CT molecular complexity index is 1540. The quantitative estimate of drug-likeness (QED) is 0.399. The van der Waals surface area contributed by atoms with Gasteiger partial charge in [-0.3, -0.25) is 9.69 Å². The van der Waals surface area contributed by atoms with Crippen molar-refractivity contribution in [1.82, 2.24) is 24.3 Å². The SMILES string of the molecule is O=C(Nc1ccccc1-c1nc2cc(CN3CCOCC3)cnc2s1)c1cn2cc(F)ccc2n1. The lowest BCUT2D eigenvalue weighted by atomic mass is 10.2. The van der Waals surface area contributed by atoms with Crippen LogP contribution in [-0.4, -0.2) is 56.5 Å². The Morgan fingerprint density at radius 2 is 1.97 bits per heavy atom. The first kappa shape index (κ1) is 21.8. The van der Waals surface area contributed by atoms with E-state index in [2.05, 4.69) is 26.3 Å². The van der Waals surface area contributed by atoms with Crippen LogP contribution in [0.1, 0.15) is 16.1 Å². The molecule has 5 aromatic rings. The number of aromatic nitrogens is 4. The lowest BCUT2D eigenvalue weighted by molar-refractivity contribution is 0.0341. The van der Waals surface area contributed by atoms with Crippen molar-refractivity contribution in [3.05, 3.63) is 78.1 Å². The second-order valence-corrected chi connectivity index (χ2v) is 9.29. The van der Waals surface area contributed by atoms with Gasteiger partial charge < -0.3 is 14.5 Å². The van der Waals surface area contributed by atoms with Crippen LogP contribution < -0.4 is 5.32 Å². The third kappa shape index (κ3) is 4.51. The van der Waals surface area contributed by atoms with E-state index in [0.29, 0.717) is 11.3 Å². The zero-order chi connectivity index (χ0) is 23.8. The zero-order valence-corrected chi connectivity index (χ0v) is 19.5. The average Bonchev–Trinajstić information content (AvgIpc) is 3.48. The predicted molar refractivity (Wildman–Crippen MR) is 132 cm³/mol. The van der Waals surface area contributed by atoms with Crippen LogP contribution in [0, 0.1) is 5.82 Å². The van der Waals surface area contributed by atoms with Crippen molar-refractivity contribution in [2.45, 2.75) is 6.54 Å². The van der Waals surface area contributed by atoms with Crippen molar-refractivity contribution < 1.29 is 13.9 Å². The van der Waals surface area contributed by atoms with Gasteiger partial charge in [-0.05, 0) is 35.9 Å². The number of benzene rings is 1. The summed E-state index contributed by atoms with van der Waals surface area (Å²) in [7, 11) is 0. The Kier molecular flexibility index (Phi) is 5.69. The van der Waals surface area contributed by atoms with Gasteiger partial charge in [0.1, 0.15) is 32.5 Å². The summed E-state index contributed by atoms with van der Waals surface area (Å²) in [6.45, 7) is 4.15. The molecule has 35 heavy (non-hydrogen) atoms. The van der Waals surface area contributed by atoms with E-state index >= 15 is 0 Å². The van der Waals surface area contributed by atoms with Gasteiger partial charge in [0.15, 0.2) is 0 Å². The number of halogens is 1. The van der Waals surface area contributed by atoms with Crippen molar-refractivity contribution in [2.24, 2.45) is 0 Å². The second-order valence-electron chi connectivity index (χ2n) is 8.31. The Hall–Kier alpha value is -3.73. The molecule has 1 aliphatic rings. The lowest BCUT2D eigenvalue weighted by Gasteiger charge is -2.26. The van der Waals surface area contributed by atoms with E-state index in [4.69, 9.17) is 9.72 Å². The molecule has 1 N–H and O–H groups in total. The fraction of sp³-hybridized carbons (Fsp3) is 0.200. The molecule has 8 nitrogen and oxygen atoms in total. The van der Waals surface area contributed by atoms with Crippen LogP contribution in [0.4, 0.5) is 10.1 Å². The van der Waals surface area contributed by atoms with Gasteiger partial charge in [0.05, 0.1) is 18.9 Å². The number of amides is 1. The number of ether oxygens (including phenoxy) is 1. The van der Waals surface area contributed by atoms with E-state index in [1.807, 2.05) is 30.5 Å². The monoisotopic (exact) mass is 488 g/mol. The third-order valence-corrected chi connectivity index (χ3v) is 6.88. The largest absolute Gasteiger partial charge is 0.379 e. The summed E-state index contributed by atoms with van der Waals surface area (Å²) < 4.78 is 20.4. The van der Waals surface area contributed by atoms with Gasteiger partial charge in [0.2, 0.25) is 0 Å². The van der Waals surface area contributed by atoms with Crippen molar-refractivity contribution in [3.63, 3.8) is 0 Å². The molecule has 1 saturated heterocycles. The van der Waals surface area contributed by atoms with Crippen LogP contribution in [0.2, 0.25) is 0 Å². The highest BCUT2D eigenvalue weighted by Crippen LogP contribution is 2.34. The molecule has 0 aliphatic carbocycles. The molecule has 0 saturated carbocycles. The number of para-hydroxylation sites is 1. The van der Waals surface area contributed by atoms with Crippen LogP contribution in [0.5, 0.6) is 0 Å². The summed E-state index contributed by atoms with van der Waals surface area (Å²) in [6, 6.07) is 12.4. The Labute approximate surface area is 204 Å². The molecule has 0 unspecified atom stereocenters. The van der Waals surface area contributed by atoms with E-state index in [-0.39, 0.29) is 11.6 Å². The molecule has 4 aromatic heterocycles. The molecule has 0 radical (unpaired) electrons. The number of nitrogens with one attached hydrogen (secondary N) is 1. The van der Waals surface area contributed by atoms with Gasteiger partial charge in [0, 0.05) is 43.8 Å². The average molecular weight is 489 g/mol. The maximum absolute atomic E-state index is 13.5. The van der Waals surface area contributed by atoms with Crippen molar-refractivity contribution in [3.8, 4) is 10.6 Å². The topological polar surface area (TPSA) is 84.7 Å². The van der Waals surface area contributed by atoms with E-state index in [9.17, 15) is 9.18 Å². The number of hydrogen-bond donors (Lipinski definition) is 1. The van der Waals surface area contributed by atoms with Gasteiger partial charge in [-0.2, -0.15) is 0 Å². The standard InChI is InChI=1S/C25H21FN6O2S/c26-17-5-6-22-28-21(15-32(22)14-17)23(33)29-19-4-2-1-3-18(19)24-30-20-11-16(12-27-25(20)35-24)13-31-7-9-34-10-8-31/h1-6,11-12,14-15H,7-10,13H2,(H,29,33). The number of morpholine rings is 1. The fourth-order valence-corrected chi connectivity index (χ4v) is 5.05. The van der Waals surface area contributed by atoms with Crippen LogP contribution in [-0.2, 0) is 11.3 Å². The Balaban J connectivity index is 1.26. The number of hydrogen-bond acceptors (Lipinski definition) is 7. The summed E-state index contributed by atoms with van der Waals surface area (Å²) in [5.41, 5.74) is 4.06. The number of carbonyl (C=O) groups excluding carboxylic acids is 1. The van der Waals surface area contributed by atoms with Crippen LogP contribution in [0.25, 0.3) is 26.6 Å². The summed E-state index contributed by atoms with van der Waals surface area (Å²) in [6.07, 6.45) is 4.70. The molecular formula is C25H21FN6O2S. The van der Waals surface area contributed by atoms with Gasteiger partial charge in [0.25, 0.3) is 5.91 Å². The summed E-state index contributed by atoms with van der Waals surface area (Å²) >= 11 is 1.48. The number of pyridine rings is 2. The molecule has 176 valence electrons. The first-order valence-electron chi connectivity index (χ1n) is 11.2. The molecule has 1 fully saturated rings. The van der Waals surface area contributed by atoms with Crippen LogP contribution >= 0.6 is 11.3 Å². The summed E-state index contributed by atoms with van der Waals surface area (Å²) in [5.74, 6) is -0.779. The number of carbonyl (C=O) groups is 1. The van der Waals surface area contributed by atoms with Crippen molar-refractivity contribution in [2.75, 3.05) is 31.6 Å². The smallest absolute Gasteiger partial charge is 0.275 e. The number of nitrogens with zero attached hydrogens (tertiary/aromatic N) is 5. The minimum atomic E-state index is -0.398. The number of imidazole rings is 1. The van der Waals surface area contributed by atoms with Crippen LogP contribution in [0.15, 0.2) is 61.1 Å². The Morgan fingerprint density at radius 1 is 1.11 bits per heavy atom. The maximum Gasteiger partial charge on any atom is 0.275 e. The number of fused-ring (bicyclic) bond motifs is 2. The van der Waals surface area contributed by atoms with E-state index < -0.39 is 5.82 Å². The first-order chi connectivity index (χ1) is 17.1. The highest BCUT2D eigenvalue weighted by atomic mass is 32.1. The van der Waals surface area contributed by atoms with E-state index in [1.165, 1.54) is 40.3 Å². The molecule has 1 amide bonds. The summed E-state index contributed by atoms with van der Waals surface area (Å²) in [4.78, 5) is 29.9. The van der Waals surface area contributed by atoms with Gasteiger partial charge in [-0.25, -0.2) is 19.3 Å². The molecule has 6 rings (SSSR count). The van der Waals surface area contributed by atoms with Crippen LogP contribution in [0.3, 0.4) is 0 Å². The molecular weight excluding hydrogens is 467 g/mol. The molecule has 0 bridgehead atoms. The van der Waals surface area contributed by atoms with Gasteiger partial charge in [-0.1, -0.05) is 23.5 Å².